The number of hydrogen-bond donors (Lipinski definition) is 4. The molecule has 0 amide bonds. The van der Waals surface area contributed by atoms with Gasteiger partial charge >= 0.3 is 17.9 Å². The minimum absolute atomic E-state index is 0.00876. The Morgan fingerprint density at radius 3 is 2.02 bits per heavy atom. The van der Waals surface area contributed by atoms with Gasteiger partial charge in [0.15, 0.2) is 0 Å². The number of esters is 1. The Morgan fingerprint density at radius 1 is 0.733 bits per heavy atom. The summed E-state index contributed by atoms with van der Waals surface area (Å²) in [4.78, 5) is 13.6. The van der Waals surface area contributed by atoms with Crippen LogP contribution in [0.15, 0.2) is 0 Å². The Kier molecular flexibility index (Phi) is 11.2. The predicted octanol–water partition coefficient (Wildman–Crippen LogP) is 5.52. The van der Waals surface area contributed by atoms with E-state index in [4.69, 9.17) is 4.74 Å². The molecule has 6 heterocycles. The number of ether oxygens (including phenoxy) is 1. The lowest BCUT2D eigenvalue weighted by Crippen LogP contribution is -2.66. The van der Waals surface area contributed by atoms with Crippen LogP contribution in [0, 0.1) is 5.92 Å². The van der Waals surface area contributed by atoms with Gasteiger partial charge in [-0.1, -0.05) is 64.7 Å². The van der Waals surface area contributed by atoms with Gasteiger partial charge in [0.05, 0.1) is 54.4 Å². The number of guanidine groups is 2. The van der Waals surface area contributed by atoms with Crippen LogP contribution in [0.3, 0.4) is 0 Å². The SMILES string of the molecule is CCCCCCCCC[C@@H]1C[C@@H]2CC[C@H]3[C@H](C(=O)O[C@H](C)CCCCC[C@@H]4C[C@@H]5CC[C@@H]6C[C@H](C)NC(=[N+]65)N4)[C@@H](C)NC(=[N+]23)N1. The normalized spacial score (nSPS) is 35.5. The van der Waals surface area contributed by atoms with Crippen LogP contribution in [0.1, 0.15) is 156 Å². The van der Waals surface area contributed by atoms with Crippen molar-refractivity contribution >= 4 is 17.9 Å². The van der Waals surface area contributed by atoms with Gasteiger partial charge in [-0.05, 0) is 72.1 Å². The van der Waals surface area contributed by atoms with Crippen LogP contribution in [-0.4, -0.2) is 81.5 Å². The number of nitrogens with one attached hydrogen (secondary N) is 4. The van der Waals surface area contributed by atoms with Crippen molar-refractivity contribution in [3.8, 4) is 0 Å². The number of unbranched alkanes of at least 4 members (excludes halogenated alkanes) is 8. The van der Waals surface area contributed by atoms with Gasteiger partial charge in [0.1, 0.15) is 5.92 Å². The summed E-state index contributed by atoms with van der Waals surface area (Å²) in [5.74, 6) is 2.41. The molecule has 0 bridgehead atoms. The maximum Gasteiger partial charge on any atom is 0.346 e. The molecular formula is C37H66N6O2+2. The van der Waals surface area contributed by atoms with Crippen molar-refractivity contribution in [2.75, 3.05) is 0 Å². The fourth-order valence-corrected chi connectivity index (χ4v) is 9.94. The van der Waals surface area contributed by atoms with Gasteiger partial charge in [0, 0.05) is 19.3 Å². The molecule has 6 rings (SSSR count). The van der Waals surface area contributed by atoms with Crippen LogP contribution in [-0.2, 0) is 9.53 Å². The first kappa shape index (κ1) is 32.9. The Labute approximate surface area is 274 Å². The summed E-state index contributed by atoms with van der Waals surface area (Å²) in [6.45, 7) is 8.89. The molecule has 254 valence electrons. The van der Waals surface area contributed by atoms with E-state index in [0.29, 0.717) is 24.2 Å². The van der Waals surface area contributed by atoms with Crippen molar-refractivity contribution in [1.82, 2.24) is 21.3 Å². The van der Waals surface area contributed by atoms with Crippen molar-refractivity contribution in [2.24, 2.45) is 5.92 Å². The molecule has 0 aromatic carbocycles. The number of nitrogens with zero attached hydrogens (tertiary/aromatic N) is 2. The van der Waals surface area contributed by atoms with Crippen molar-refractivity contribution in [3.63, 3.8) is 0 Å². The molecule has 0 radical (unpaired) electrons. The fraction of sp³-hybridized carbons (Fsp3) is 0.919. The highest BCUT2D eigenvalue weighted by molar-refractivity contribution is 5.81. The van der Waals surface area contributed by atoms with E-state index in [0.717, 1.165) is 31.3 Å². The second-order valence-electron chi connectivity index (χ2n) is 15.9. The molecule has 45 heavy (non-hydrogen) atoms. The van der Waals surface area contributed by atoms with Gasteiger partial charge < -0.3 is 4.74 Å². The van der Waals surface area contributed by atoms with E-state index < -0.39 is 0 Å². The maximum atomic E-state index is 13.6. The molecule has 6 aliphatic rings. The first-order chi connectivity index (χ1) is 21.9. The number of carbonyl (C=O) groups excluding carboxylic acids is 1. The molecule has 0 saturated carbocycles. The maximum absolute atomic E-state index is 13.6. The van der Waals surface area contributed by atoms with Crippen molar-refractivity contribution in [3.05, 3.63) is 0 Å². The second kappa shape index (κ2) is 15.3. The summed E-state index contributed by atoms with van der Waals surface area (Å²) < 4.78 is 11.3. The average molecular weight is 627 g/mol. The van der Waals surface area contributed by atoms with E-state index in [1.54, 1.807) is 0 Å². The van der Waals surface area contributed by atoms with E-state index in [2.05, 4.69) is 58.1 Å². The van der Waals surface area contributed by atoms with Crippen LogP contribution in [0.25, 0.3) is 0 Å². The summed E-state index contributed by atoms with van der Waals surface area (Å²) in [5.41, 5.74) is 0. The lowest BCUT2D eigenvalue weighted by Gasteiger charge is -2.38. The van der Waals surface area contributed by atoms with Gasteiger partial charge in [-0.25, -0.2) is 0 Å². The minimum atomic E-state index is -0.0941. The molecule has 2 saturated heterocycles. The van der Waals surface area contributed by atoms with Crippen molar-refractivity contribution in [1.29, 1.82) is 0 Å². The van der Waals surface area contributed by atoms with E-state index >= 15 is 0 Å². The summed E-state index contributed by atoms with van der Waals surface area (Å²) in [6, 6.07) is 4.12. The largest absolute Gasteiger partial charge is 0.462 e. The highest BCUT2D eigenvalue weighted by atomic mass is 16.5. The summed E-state index contributed by atoms with van der Waals surface area (Å²) in [6.07, 6.45) is 25.4. The lowest BCUT2D eigenvalue weighted by atomic mass is 9.89. The number of rotatable bonds is 16. The fourth-order valence-electron chi connectivity index (χ4n) is 9.94. The van der Waals surface area contributed by atoms with Gasteiger partial charge in [0.25, 0.3) is 0 Å². The standard InChI is InChI=1S/C37H64N6O2/c1-5-6-7-8-9-10-13-16-29-24-32-20-21-33-34(27(4)39-37(41-29)43(32)33)35(44)45-26(3)15-12-11-14-17-28-23-31-19-18-30-22-25(2)38-36(40-28)42(30)31/h25-34H,5-24H2,1-4H3,(H2,38,39,40,41)/p+2/t25-,26+,27+,28+,29+,30+,31-,32-,33-,34+/m0/s1. The third-order valence-electron chi connectivity index (χ3n) is 12.2. The average Bonchev–Trinajstić information content (AvgIpc) is 3.61. The summed E-state index contributed by atoms with van der Waals surface area (Å²) in [7, 11) is 0. The highest BCUT2D eigenvalue weighted by Gasteiger charge is 2.53. The molecule has 8 heteroatoms. The third kappa shape index (κ3) is 7.77. The Bertz CT molecular complexity index is 1080. The monoisotopic (exact) mass is 627 g/mol. The van der Waals surface area contributed by atoms with E-state index in [1.807, 2.05) is 0 Å². The Morgan fingerprint density at radius 2 is 1.31 bits per heavy atom. The van der Waals surface area contributed by atoms with E-state index in [-0.39, 0.29) is 30.1 Å². The van der Waals surface area contributed by atoms with Gasteiger partial charge in [-0.2, -0.15) is 0 Å². The highest BCUT2D eigenvalue weighted by Crippen LogP contribution is 2.36. The zero-order chi connectivity index (χ0) is 31.3. The van der Waals surface area contributed by atoms with Crippen LogP contribution >= 0.6 is 0 Å². The molecule has 10 atom stereocenters. The molecule has 0 aromatic rings. The summed E-state index contributed by atoms with van der Waals surface area (Å²) in [5, 5.41) is 15.1. The van der Waals surface area contributed by atoms with E-state index in [9.17, 15) is 4.79 Å². The lowest BCUT2D eigenvalue weighted by molar-refractivity contribution is -0.598. The van der Waals surface area contributed by atoms with Crippen molar-refractivity contribution in [2.45, 2.75) is 211 Å². The molecule has 0 spiro atoms. The molecule has 0 aromatic heterocycles. The molecule has 0 unspecified atom stereocenters. The van der Waals surface area contributed by atoms with Gasteiger partial charge in [0.2, 0.25) is 0 Å². The van der Waals surface area contributed by atoms with Crippen LogP contribution in [0.2, 0.25) is 0 Å². The Hall–Kier alpha value is -1.99. The number of carbonyl (C=O) groups is 1. The van der Waals surface area contributed by atoms with Gasteiger partial charge in [-0.3, -0.25) is 35.2 Å². The van der Waals surface area contributed by atoms with Crippen LogP contribution < -0.4 is 21.3 Å². The molecule has 4 N–H and O–H groups in total. The summed E-state index contributed by atoms with van der Waals surface area (Å²) >= 11 is 0. The van der Waals surface area contributed by atoms with Gasteiger partial charge in [-0.15, -0.1) is 0 Å². The molecular weight excluding hydrogens is 560 g/mol. The smallest absolute Gasteiger partial charge is 0.346 e. The second-order valence-corrected chi connectivity index (χ2v) is 15.9. The van der Waals surface area contributed by atoms with Crippen LogP contribution in [0.4, 0.5) is 0 Å². The third-order valence-corrected chi connectivity index (χ3v) is 12.2. The topological polar surface area (TPSA) is 80.4 Å². The first-order valence-corrected chi connectivity index (χ1v) is 19.5. The molecule has 8 nitrogen and oxygen atoms in total. The zero-order valence-electron chi connectivity index (χ0n) is 29.1. The predicted molar refractivity (Wildman–Crippen MR) is 182 cm³/mol. The van der Waals surface area contributed by atoms with Crippen molar-refractivity contribution < 1.29 is 18.7 Å². The minimum Gasteiger partial charge on any atom is -0.462 e. The molecule has 6 aliphatic heterocycles. The quantitative estimate of drug-likeness (QED) is 0.103. The first-order valence-electron chi connectivity index (χ1n) is 19.5. The molecule has 2 fully saturated rings. The zero-order valence-corrected chi connectivity index (χ0v) is 29.1. The van der Waals surface area contributed by atoms with E-state index in [1.165, 1.54) is 121 Å². The van der Waals surface area contributed by atoms with Crippen LogP contribution in [0.5, 0.6) is 0 Å². The molecule has 0 aliphatic carbocycles. The Balaban J connectivity index is 0.898. The number of hydrogen-bond acceptors (Lipinski definition) is 6.